The van der Waals surface area contributed by atoms with Crippen LogP contribution in [0.25, 0.3) is 0 Å². The zero-order chi connectivity index (χ0) is 26.3. The van der Waals surface area contributed by atoms with E-state index in [0.717, 1.165) is 0 Å². The fourth-order valence-corrected chi connectivity index (χ4v) is 1.98. The quantitative estimate of drug-likeness (QED) is 0.129. The highest BCUT2D eigenvalue weighted by atomic mass is 16.7. The number of aliphatic hydroxyl groups excluding tert-OH is 2. The molecule has 0 aliphatic rings. The van der Waals surface area contributed by atoms with Gasteiger partial charge in [-0.25, -0.2) is 9.59 Å². The average Bonchev–Trinajstić information content (AvgIpc) is 2.80. The Morgan fingerprint density at radius 1 is 0.543 bits per heavy atom. The van der Waals surface area contributed by atoms with Gasteiger partial charge in [0.2, 0.25) is 0 Å². The standard InChI is InChI=1S/C21H36O14/c1-16(22)14-34-20(26)32-12-8-28-6-10-30-18(24)4-3-5-19(25)31-11-7-29-9-13-33-21(27)35-15-17(2)23/h16-17,22-23H,3-15H2,1-2H3. The van der Waals surface area contributed by atoms with Crippen LogP contribution in [-0.2, 0) is 47.5 Å². The predicted octanol–water partition coefficient (Wildman–Crippen LogP) is 0.344. The summed E-state index contributed by atoms with van der Waals surface area (Å²) >= 11 is 0. The fourth-order valence-electron chi connectivity index (χ4n) is 1.98. The van der Waals surface area contributed by atoms with Crippen LogP contribution >= 0.6 is 0 Å². The Morgan fingerprint density at radius 2 is 0.886 bits per heavy atom. The van der Waals surface area contributed by atoms with E-state index in [0.29, 0.717) is 0 Å². The number of aliphatic hydroxyl groups is 2. The minimum Gasteiger partial charge on any atom is -0.463 e. The van der Waals surface area contributed by atoms with Gasteiger partial charge in [0, 0.05) is 12.8 Å². The Labute approximate surface area is 203 Å². The van der Waals surface area contributed by atoms with Crippen molar-refractivity contribution >= 4 is 24.2 Å². The summed E-state index contributed by atoms with van der Waals surface area (Å²) in [6, 6.07) is 0. The molecule has 0 aliphatic carbocycles. The van der Waals surface area contributed by atoms with Gasteiger partial charge in [-0.3, -0.25) is 9.59 Å². The highest BCUT2D eigenvalue weighted by Crippen LogP contribution is 2.00. The second-order valence-electron chi connectivity index (χ2n) is 7.04. The second-order valence-corrected chi connectivity index (χ2v) is 7.04. The lowest BCUT2D eigenvalue weighted by Crippen LogP contribution is -2.19. The molecule has 0 spiro atoms. The van der Waals surface area contributed by atoms with E-state index in [1.807, 2.05) is 0 Å². The maximum Gasteiger partial charge on any atom is 0.508 e. The third-order valence-corrected chi connectivity index (χ3v) is 3.52. The molecule has 2 atom stereocenters. The fraction of sp³-hybridized carbons (Fsp3) is 0.810. The van der Waals surface area contributed by atoms with Crippen LogP contribution < -0.4 is 0 Å². The van der Waals surface area contributed by atoms with E-state index in [9.17, 15) is 19.2 Å². The third-order valence-electron chi connectivity index (χ3n) is 3.52. The van der Waals surface area contributed by atoms with Gasteiger partial charge >= 0.3 is 24.2 Å². The van der Waals surface area contributed by atoms with Gasteiger partial charge in [0.1, 0.15) is 39.6 Å². The Morgan fingerprint density at radius 3 is 1.23 bits per heavy atom. The van der Waals surface area contributed by atoms with Gasteiger partial charge in [0.05, 0.1) is 38.6 Å². The molecule has 0 heterocycles. The smallest absolute Gasteiger partial charge is 0.463 e. The summed E-state index contributed by atoms with van der Waals surface area (Å²) in [6.45, 7) is 2.91. The van der Waals surface area contributed by atoms with E-state index < -0.39 is 36.5 Å². The summed E-state index contributed by atoms with van der Waals surface area (Å²) in [5, 5.41) is 17.9. The van der Waals surface area contributed by atoms with E-state index in [1.165, 1.54) is 13.8 Å². The number of esters is 2. The number of hydrogen-bond acceptors (Lipinski definition) is 14. The third kappa shape index (κ3) is 24.3. The lowest BCUT2D eigenvalue weighted by atomic mass is 10.2. The summed E-state index contributed by atoms with van der Waals surface area (Å²) < 4.78 is 38.7. The molecular weight excluding hydrogens is 476 g/mol. The van der Waals surface area contributed by atoms with Crippen LogP contribution in [0.2, 0.25) is 0 Å². The first-order valence-electron chi connectivity index (χ1n) is 11.1. The molecular formula is C21H36O14. The van der Waals surface area contributed by atoms with Crippen molar-refractivity contribution in [2.45, 2.75) is 45.3 Å². The van der Waals surface area contributed by atoms with E-state index in [4.69, 9.17) is 29.2 Å². The SMILES string of the molecule is CC(O)COC(=O)OCCOCCOC(=O)CCCC(=O)OCCOCCOC(=O)OCC(C)O. The van der Waals surface area contributed by atoms with Gasteiger partial charge in [-0.15, -0.1) is 0 Å². The van der Waals surface area contributed by atoms with Gasteiger partial charge in [-0.1, -0.05) is 0 Å². The molecule has 0 amide bonds. The Hall–Kier alpha value is -2.68. The van der Waals surface area contributed by atoms with Crippen LogP contribution in [0.3, 0.4) is 0 Å². The van der Waals surface area contributed by atoms with Crippen molar-refractivity contribution < 1.29 is 67.3 Å². The van der Waals surface area contributed by atoms with Crippen molar-refractivity contribution in [1.29, 1.82) is 0 Å². The molecule has 0 aromatic rings. The topological polar surface area (TPSA) is 183 Å². The molecule has 2 unspecified atom stereocenters. The maximum absolute atomic E-state index is 11.6. The molecule has 0 aromatic carbocycles. The molecule has 0 bridgehead atoms. The summed E-state index contributed by atoms with van der Waals surface area (Å²) in [7, 11) is 0. The van der Waals surface area contributed by atoms with Gasteiger partial charge in [0.25, 0.3) is 0 Å². The van der Waals surface area contributed by atoms with E-state index in [-0.39, 0.29) is 85.3 Å². The first-order valence-corrected chi connectivity index (χ1v) is 11.1. The van der Waals surface area contributed by atoms with Crippen LogP contribution in [0, 0.1) is 0 Å². The van der Waals surface area contributed by atoms with Crippen molar-refractivity contribution in [3.05, 3.63) is 0 Å². The zero-order valence-electron chi connectivity index (χ0n) is 20.1. The summed E-state index contributed by atoms with van der Waals surface area (Å²) in [5.74, 6) is -0.982. The highest BCUT2D eigenvalue weighted by Gasteiger charge is 2.09. The van der Waals surface area contributed by atoms with E-state index in [2.05, 4.69) is 18.9 Å². The molecule has 0 aromatic heterocycles. The monoisotopic (exact) mass is 512 g/mol. The molecule has 2 N–H and O–H groups in total. The van der Waals surface area contributed by atoms with Crippen molar-refractivity contribution in [3.63, 3.8) is 0 Å². The maximum atomic E-state index is 11.6. The van der Waals surface area contributed by atoms with E-state index in [1.54, 1.807) is 0 Å². The van der Waals surface area contributed by atoms with Crippen LogP contribution in [-0.4, -0.2) is 113 Å². The average molecular weight is 513 g/mol. The number of rotatable bonds is 20. The van der Waals surface area contributed by atoms with Gasteiger partial charge in [-0.2, -0.15) is 0 Å². The lowest BCUT2D eigenvalue weighted by molar-refractivity contribution is -0.147. The molecule has 35 heavy (non-hydrogen) atoms. The van der Waals surface area contributed by atoms with Crippen LogP contribution in [0.4, 0.5) is 9.59 Å². The Bertz CT molecular complexity index is 543. The molecule has 14 nitrogen and oxygen atoms in total. The summed E-state index contributed by atoms with van der Waals surface area (Å²) in [6.07, 6.45) is -3.06. The molecule has 0 radical (unpaired) electrons. The predicted molar refractivity (Wildman–Crippen MR) is 115 cm³/mol. The highest BCUT2D eigenvalue weighted by molar-refractivity contribution is 5.72. The molecule has 0 rings (SSSR count). The molecule has 0 saturated carbocycles. The second kappa shape index (κ2) is 21.8. The van der Waals surface area contributed by atoms with Crippen LogP contribution in [0.5, 0.6) is 0 Å². The summed E-state index contributed by atoms with van der Waals surface area (Å²) in [4.78, 5) is 45.4. The van der Waals surface area contributed by atoms with Crippen molar-refractivity contribution in [2.75, 3.05) is 66.1 Å². The molecule has 14 heteroatoms. The lowest BCUT2D eigenvalue weighted by Gasteiger charge is -2.09. The Balaban J connectivity index is 3.46. The largest absolute Gasteiger partial charge is 0.508 e. The van der Waals surface area contributed by atoms with Crippen molar-refractivity contribution in [1.82, 2.24) is 0 Å². The first kappa shape index (κ1) is 32.3. The molecule has 0 fully saturated rings. The number of hydrogen-bond donors (Lipinski definition) is 2. The summed E-state index contributed by atoms with van der Waals surface area (Å²) in [5.41, 5.74) is 0. The van der Waals surface area contributed by atoms with Gasteiger partial charge in [0.15, 0.2) is 0 Å². The number of carbonyl (C=O) groups excluding carboxylic acids is 4. The normalized spacial score (nSPS) is 12.2. The first-order chi connectivity index (χ1) is 16.7. The van der Waals surface area contributed by atoms with Crippen LogP contribution in [0.1, 0.15) is 33.1 Å². The van der Waals surface area contributed by atoms with Crippen molar-refractivity contribution in [3.8, 4) is 0 Å². The number of carbonyl (C=O) groups is 4. The minimum atomic E-state index is -0.911. The number of ether oxygens (including phenoxy) is 8. The Kier molecular flexibility index (Phi) is 20.2. The molecule has 0 aliphatic heterocycles. The van der Waals surface area contributed by atoms with E-state index >= 15 is 0 Å². The van der Waals surface area contributed by atoms with Crippen molar-refractivity contribution in [2.24, 2.45) is 0 Å². The van der Waals surface area contributed by atoms with Gasteiger partial charge < -0.3 is 48.1 Å². The van der Waals surface area contributed by atoms with Crippen LogP contribution in [0.15, 0.2) is 0 Å². The van der Waals surface area contributed by atoms with Gasteiger partial charge in [-0.05, 0) is 20.3 Å². The zero-order valence-corrected chi connectivity index (χ0v) is 20.1. The molecule has 0 saturated heterocycles. The minimum absolute atomic E-state index is 0.00901. The molecule has 204 valence electrons.